The largest absolute Gasteiger partial charge is 0.391 e. The van der Waals surface area contributed by atoms with Crippen LogP contribution in [-0.4, -0.2) is 42.3 Å². The van der Waals surface area contributed by atoms with Gasteiger partial charge in [-0.2, -0.15) is 0 Å². The highest BCUT2D eigenvalue weighted by atomic mass is 16.3. The van der Waals surface area contributed by atoms with Crippen LogP contribution in [0.5, 0.6) is 0 Å². The topological polar surface area (TPSA) is 35.5 Å². The summed E-state index contributed by atoms with van der Waals surface area (Å²) < 4.78 is 0. The maximum absolute atomic E-state index is 10.8. The fourth-order valence-electron chi connectivity index (χ4n) is 4.67. The quantitative estimate of drug-likeness (QED) is 0.902. The molecule has 0 amide bonds. The van der Waals surface area contributed by atoms with Gasteiger partial charge in [-0.1, -0.05) is 42.5 Å². The van der Waals surface area contributed by atoms with Gasteiger partial charge in [0.05, 0.1) is 6.10 Å². The minimum atomic E-state index is -0.257. The third-order valence-electron chi connectivity index (χ3n) is 6.10. The molecule has 1 fully saturated rings. The normalized spacial score (nSPS) is 24.7. The second-order valence-electron chi connectivity index (χ2n) is 7.46. The number of piperidine rings is 1. The maximum atomic E-state index is 10.8. The Bertz CT molecular complexity index is 707. The fourth-order valence-corrected chi connectivity index (χ4v) is 4.67. The predicted molar refractivity (Wildman–Crippen MR) is 103 cm³/mol. The molecule has 0 saturated carbocycles. The van der Waals surface area contributed by atoms with Crippen molar-refractivity contribution < 1.29 is 5.11 Å². The van der Waals surface area contributed by atoms with Gasteiger partial charge in [-0.25, -0.2) is 0 Å². The average molecular weight is 335 g/mol. The van der Waals surface area contributed by atoms with Crippen LogP contribution in [0.3, 0.4) is 0 Å². The molecule has 25 heavy (non-hydrogen) atoms. The lowest BCUT2D eigenvalue weighted by atomic mass is 9.82. The van der Waals surface area contributed by atoms with Crippen molar-refractivity contribution in [2.24, 2.45) is 0 Å². The number of fused-ring (bicyclic) bond motifs is 1. The summed E-state index contributed by atoms with van der Waals surface area (Å²) in [5.74, 6) is 0.665. The summed E-state index contributed by atoms with van der Waals surface area (Å²) >= 11 is 0. The van der Waals surface area contributed by atoms with Crippen LogP contribution in [0.4, 0.5) is 5.69 Å². The Morgan fingerprint density at radius 2 is 1.72 bits per heavy atom. The van der Waals surface area contributed by atoms with Crippen molar-refractivity contribution in [2.75, 3.05) is 25.5 Å². The fraction of sp³-hybridized carbons (Fsp3) is 0.455. The van der Waals surface area contributed by atoms with Gasteiger partial charge in [0.2, 0.25) is 0 Å². The van der Waals surface area contributed by atoms with Gasteiger partial charge in [0.15, 0.2) is 0 Å². The second-order valence-corrected chi connectivity index (χ2v) is 7.46. The lowest BCUT2D eigenvalue weighted by Crippen LogP contribution is -2.51. The van der Waals surface area contributed by atoms with E-state index in [0.29, 0.717) is 5.92 Å². The van der Waals surface area contributed by atoms with Crippen molar-refractivity contribution in [1.29, 1.82) is 0 Å². The number of rotatable bonds is 3. The highest BCUT2D eigenvalue weighted by Gasteiger charge is 2.34. The summed E-state index contributed by atoms with van der Waals surface area (Å²) in [4.78, 5) is 2.53. The molecule has 1 saturated heterocycles. The minimum absolute atomic E-state index is 0.249. The summed E-state index contributed by atoms with van der Waals surface area (Å²) in [6, 6.07) is 17.5. The molecule has 2 aliphatic rings. The van der Waals surface area contributed by atoms with Crippen LogP contribution in [0.2, 0.25) is 0 Å². The maximum Gasteiger partial charge on any atom is 0.0739 e. The molecule has 0 aromatic heterocycles. The monoisotopic (exact) mass is 335 g/mol. The number of hydrogen-bond donors (Lipinski definition) is 2. The van der Waals surface area contributed by atoms with Crippen LogP contribution in [0.25, 0.3) is 0 Å². The van der Waals surface area contributed by atoms with E-state index in [1.165, 1.54) is 35.2 Å². The first kappa shape index (κ1) is 16.6. The van der Waals surface area contributed by atoms with Crippen LogP contribution in [-0.2, 0) is 12.8 Å². The van der Waals surface area contributed by atoms with E-state index in [1.807, 2.05) is 7.05 Å². The number of likely N-dealkylation sites (tertiary alicyclic amines) is 1. The van der Waals surface area contributed by atoms with Crippen molar-refractivity contribution in [2.45, 2.75) is 43.7 Å². The van der Waals surface area contributed by atoms with E-state index in [1.54, 1.807) is 0 Å². The first-order valence-electron chi connectivity index (χ1n) is 9.52. The first-order chi connectivity index (χ1) is 12.3. The van der Waals surface area contributed by atoms with Crippen LogP contribution in [0.1, 0.15) is 35.4 Å². The van der Waals surface area contributed by atoms with Gasteiger partial charge in [0, 0.05) is 25.2 Å². The highest BCUT2D eigenvalue weighted by Crippen LogP contribution is 2.34. The van der Waals surface area contributed by atoms with Crippen molar-refractivity contribution in [3.63, 3.8) is 0 Å². The number of aliphatic hydroxyl groups excluding tert-OH is 1. The molecule has 0 bridgehead atoms. The number of anilines is 1. The summed E-state index contributed by atoms with van der Waals surface area (Å²) in [6.07, 6.45) is 3.84. The summed E-state index contributed by atoms with van der Waals surface area (Å²) in [7, 11) is 1.99. The van der Waals surface area contributed by atoms with E-state index in [4.69, 9.17) is 0 Å². The molecule has 3 heteroatoms. The molecule has 0 spiro atoms. The Morgan fingerprint density at radius 1 is 0.960 bits per heavy atom. The second kappa shape index (κ2) is 7.19. The van der Waals surface area contributed by atoms with Crippen LogP contribution < -0.4 is 5.32 Å². The molecule has 3 nitrogen and oxygen atoms in total. The molecule has 2 aromatic carbocycles. The number of nitrogens with one attached hydrogen (secondary N) is 1. The highest BCUT2D eigenvalue weighted by molar-refractivity contribution is 5.56. The Morgan fingerprint density at radius 3 is 2.44 bits per heavy atom. The molecule has 2 N–H and O–H groups in total. The van der Waals surface area contributed by atoms with E-state index >= 15 is 0 Å². The van der Waals surface area contributed by atoms with Crippen LogP contribution in [0, 0.1) is 0 Å². The third-order valence-corrected chi connectivity index (χ3v) is 6.10. The third kappa shape index (κ3) is 3.31. The van der Waals surface area contributed by atoms with Crippen LogP contribution in [0.15, 0.2) is 48.5 Å². The summed E-state index contributed by atoms with van der Waals surface area (Å²) in [5, 5.41) is 14.1. The zero-order valence-electron chi connectivity index (χ0n) is 15.0. The van der Waals surface area contributed by atoms with Gasteiger partial charge in [0.1, 0.15) is 0 Å². The Kier molecular flexibility index (Phi) is 4.78. The van der Waals surface area contributed by atoms with Crippen molar-refractivity contribution in [1.82, 2.24) is 4.90 Å². The lowest BCUT2D eigenvalue weighted by Gasteiger charge is -2.42. The van der Waals surface area contributed by atoms with Gasteiger partial charge in [-0.05, 0) is 61.0 Å². The Hall–Kier alpha value is -1.84. The van der Waals surface area contributed by atoms with E-state index in [0.717, 1.165) is 25.9 Å². The van der Waals surface area contributed by atoms with Gasteiger partial charge < -0.3 is 10.4 Å². The van der Waals surface area contributed by atoms with Gasteiger partial charge in [-0.3, -0.25) is 4.90 Å². The molecule has 1 aliphatic heterocycles. The standard InChI is InChI=1S/C22H28N2O/c1-23-20-9-5-8-18-14-22(25)21(15-19(18)20)24-12-10-17(11-13-24)16-6-3-2-4-7-16/h2-9,17,21-23,25H,10-15H2,1H3/t21-,22-/m1/s1/i1-1. The van der Waals surface area contributed by atoms with Crippen molar-refractivity contribution >= 4 is 5.69 Å². The molecule has 132 valence electrons. The molecule has 2 aromatic rings. The molecule has 0 unspecified atom stereocenters. The molecular weight excluding hydrogens is 307 g/mol. The number of hydrogen-bond acceptors (Lipinski definition) is 3. The zero-order chi connectivity index (χ0) is 17.2. The van der Waals surface area contributed by atoms with Crippen molar-refractivity contribution in [3.8, 4) is 0 Å². The number of benzene rings is 2. The smallest absolute Gasteiger partial charge is 0.0739 e. The number of nitrogens with zero attached hydrogens (tertiary/aromatic N) is 1. The van der Waals surface area contributed by atoms with Gasteiger partial charge in [-0.15, -0.1) is 0 Å². The van der Waals surface area contributed by atoms with Crippen LogP contribution >= 0.6 is 0 Å². The molecular formula is C22H28N2O. The number of aliphatic hydroxyl groups is 1. The summed E-state index contributed by atoms with van der Waals surface area (Å²) in [5.41, 5.74) is 5.38. The Balaban J connectivity index is 1.46. The average Bonchev–Trinajstić information content (AvgIpc) is 2.68. The molecule has 1 aliphatic carbocycles. The van der Waals surface area contributed by atoms with Crippen molar-refractivity contribution in [3.05, 3.63) is 65.2 Å². The van der Waals surface area contributed by atoms with Gasteiger partial charge >= 0.3 is 0 Å². The summed E-state index contributed by atoms with van der Waals surface area (Å²) in [6.45, 7) is 2.16. The molecule has 1 heterocycles. The Labute approximate surface area is 150 Å². The predicted octanol–water partition coefficient (Wildman–Crippen LogP) is 3.44. The molecule has 0 radical (unpaired) electrons. The SMILES string of the molecule is [11CH3]Nc1cccc2c1C[C@@H](N1CCC(c3ccccc3)CC1)[C@H](O)C2. The van der Waals surface area contributed by atoms with E-state index in [9.17, 15) is 5.11 Å². The van der Waals surface area contributed by atoms with E-state index in [-0.39, 0.29) is 12.1 Å². The van der Waals surface area contributed by atoms with E-state index in [2.05, 4.69) is 58.7 Å². The minimum Gasteiger partial charge on any atom is -0.391 e. The molecule has 2 atom stereocenters. The molecule has 4 rings (SSSR count). The van der Waals surface area contributed by atoms with Gasteiger partial charge in [0.25, 0.3) is 0 Å². The van der Waals surface area contributed by atoms with E-state index < -0.39 is 0 Å². The zero-order valence-corrected chi connectivity index (χ0v) is 15.0. The lowest BCUT2D eigenvalue weighted by molar-refractivity contribution is 0.0296. The first-order valence-corrected chi connectivity index (χ1v) is 9.52.